The first-order chi connectivity index (χ1) is 20.1. The summed E-state index contributed by atoms with van der Waals surface area (Å²) in [6, 6.07) is 9.62. The van der Waals surface area contributed by atoms with Crippen molar-refractivity contribution in [2.75, 3.05) is 17.7 Å². The third-order valence-electron chi connectivity index (χ3n) is 7.04. The topological polar surface area (TPSA) is 201 Å². The zero-order chi connectivity index (χ0) is 30.1. The van der Waals surface area contributed by atoms with Crippen LogP contribution in [0.25, 0.3) is 22.1 Å². The molecule has 7 N–H and O–H groups in total. The van der Waals surface area contributed by atoms with Crippen LogP contribution in [0.15, 0.2) is 36.4 Å². The highest BCUT2D eigenvalue weighted by Crippen LogP contribution is 2.31. The second-order valence-corrected chi connectivity index (χ2v) is 9.87. The number of phenolic OH excluding ortho intramolecular Hbond substituents is 1. The number of nitrogens with zero attached hydrogens (tertiary/aromatic N) is 6. The summed E-state index contributed by atoms with van der Waals surface area (Å²) in [6.07, 6.45) is 1.34. The SMILES string of the molecule is CCn1nc(C)cc1C(=O)Nc1nc2cc(C(N)=O)cc(O)c2n1CCCCn1c(NC)nc2cc(C(N)=O)ccc21. The molecule has 3 heterocycles. The van der Waals surface area contributed by atoms with Crippen LogP contribution in [0, 0.1) is 6.92 Å². The molecule has 0 atom stereocenters. The Balaban J connectivity index is 1.42. The van der Waals surface area contributed by atoms with Crippen molar-refractivity contribution in [1.29, 1.82) is 0 Å². The van der Waals surface area contributed by atoms with Gasteiger partial charge in [-0.25, -0.2) is 9.97 Å². The Morgan fingerprint density at radius 3 is 2.24 bits per heavy atom. The molecule has 0 spiro atoms. The van der Waals surface area contributed by atoms with Gasteiger partial charge in [-0.3, -0.25) is 24.4 Å². The van der Waals surface area contributed by atoms with Gasteiger partial charge in [0.1, 0.15) is 17.0 Å². The molecule has 0 aliphatic carbocycles. The quantitative estimate of drug-likeness (QED) is 0.149. The Kier molecular flexibility index (Phi) is 7.53. The maximum absolute atomic E-state index is 13.2. The number of imidazole rings is 2. The predicted molar refractivity (Wildman–Crippen MR) is 158 cm³/mol. The van der Waals surface area contributed by atoms with Crippen molar-refractivity contribution in [3.05, 3.63) is 58.9 Å². The Bertz CT molecular complexity index is 1850. The largest absolute Gasteiger partial charge is 0.506 e. The Labute approximate surface area is 240 Å². The molecule has 0 aliphatic rings. The molecular formula is C28H32N10O4. The molecule has 0 saturated carbocycles. The predicted octanol–water partition coefficient (Wildman–Crippen LogP) is 2.59. The highest BCUT2D eigenvalue weighted by molar-refractivity contribution is 6.04. The number of carbonyl (C=O) groups excluding carboxylic acids is 3. The molecule has 3 amide bonds. The average molecular weight is 573 g/mol. The number of nitrogens with two attached hydrogens (primary N) is 2. The highest BCUT2D eigenvalue weighted by Gasteiger charge is 2.21. The number of carbonyl (C=O) groups is 3. The first kappa shape index (κ1) is 28.1. The molecule has 3 aromatic heterocycles. The van der Waals surface area contributed by atoms with Crippen LogP contribution in [0.5, 0.6) is 5.75 Å². The molecule has 42 heavy (non-hydrogen) atoms. The number of benzene rings is 2. The van der Waals surface area contributed by atoms with Crippen LogP contribution in [0.1, 0.15) is 56.7 Å². The fourth-order valence-electron chi connectivity index (χ4n) is 5.08. The van der Waals surface area contributed by atoms with E-state index < -0.39 is 17.7 Å². The molecule has 0 unspecified atom stereocenters. The number of primary amides is 2. The van der Waals surface area contributed by atoms with Gasteiger partial charge in [-0.15, -0.1) is 0 Å². The lowest BCUT2D eigenvalue weighted by Crippen LogP contribution is -2.20. The maximum Gasteiger partial charge on any atom is 0.276 e. The number of fused-ring (bicyclic) bond motifs is 2. The summed E-state index contributed by atoms with van der Waals surface area (Å²) in [6.45, 7) is 5.21. The van der Waals surface area contributed by atoms with E-state index >= 15 is 0 Å². The number of phenols is 1. The van der Waals surface area contributed by atoms with Gasteiger partial charge in [-0.05, 0) is 63.1 Å². The number of amides is 3. The summed E-state index contributed by atoms with van der Waals surface area (Å²) in [4.78, 5) is 45.7. The molecule has 14 nitrogen and oxygen atoms in total. The third-order valence-corrected chi connectivity index (χ3v) is 7.04. The van der Waals surface area contributed by atoms with Crippen LogP contribution in [0.4, 0.5) is 11.9 Å². The summed E-state index contributed by atoms with van der Waals surface area (Å²) in [5, 5.41) is 21.1. The fourth-order valence-corrected chi connectivity index (χ4v) is 5.08. The minimum Gasteiger partial charge on any atom is -0.506 e. The van der Waals surface area contributed by atoms with Gasteiger partial charge in [-0.2, -0.15) is 5.10 Å². The van der Waals surface area contributed by atoms with Crippen LogP contribution in [-0.4, -0.2) is 58.8 Å². The number of anilines is 2. The first-order valence-electron chi connectivity index (χ1n) is 13.5. The van der Waals surface area contributed by atoms with E-state index in [1.54, 1.807) is 41.4 Å². The van der Waals surface area contributed by atoms with Crippen LogP contribution < -0.4 is 22.1 Å². The monoisotopic (exact) mass is 572 g/mol. The average Bonchev–Trinajstić information content (AvgIpc) is 3.62. The molecule has 0 saturated heterocycles. The summed E-state index contributed by atoms with van der Waals surface area (Å²) in [5.74, 6) is -0.933. The summed E-state index contributed by atoms with van der Waals surface area (Å²) < 4.78 is 5.33. The van der Waals surface area contributed by atoms with E-state index in [-0.39, 0.29) is 17.3 Å². The van der Waals surface area contributed by atoms with E-state index in [2.05, 4.69) is 25.7 Å². The summed E-state index contributed by atoms with van der Waals surface area (Å²) >= 11 is 0. The van der Waals surface area contributed by atoms with E-state index in [0.717, 1.165) is 5.52 Å². The van der Waals surface area contributed by atoms with Crippen molar-refractivity contribution in [1.82, 2.24) is 28.9 Å². The number of hydrogen-bond acceptors (Lipinski definition) is 8. The van der Waals surface area contributed by atoms with Crippen LogP contribution in [-0.2, 0) is 19.6 Å². The molecule has 0 aliphatic heterocycles. The molecule has 14 heteroatoms. The van der Waals surface area contributed by atoms with Crippen molar-refractivity contribution in [2.24, 2.45) is 11.5 Å². The molecular weight excluding hydrogens is 540 g/mol. The standard InChI is InChI=1S/C28H32N10O4/c1-4-38-21(11-15(2)35-38)26(42)34-28-33-19-13-17(25(30)41)14-22(39)23(19)37(28)10-6-5-9-36-20-8-7-16(24(29)40)12-18(20)32-27(36)31-3/h7-8,11-14,39H,4-6,9-10H2,1-3H3,(H2,29,40)(H2,30,41)(H,31,32)(H,33,34,42). The number of hydrogen-bond donors (Lipinski definition) is 5. The number of nitrogens with one attached hydrogen (secondary N) is 2. The highest BCUT2D eigenvalue weighted by atomic mass is 16.3. The molecule has 0 radical (unpaired) electrons. The third kappa shape index (κ3) is 5.21. The van der Waals surface area contributed by atoms with Gasteiger partial charge in [0.2, 0.25) is 23.7 Å². The summed E-state index contributed by atoms with van der Waals surface area (Å²) in [5.41, 5.74) is 14.6. The zero-order valence-corrected chi connectivity index (χ0v) is 23.5. The molecule has 2 aromatic carbocycles. The number of aromatic nitrogens is 6. The van der Waals surface area contributed by atoms with E-state index in [0.29, 0.717) is 71.9 Å². The van der Waals surface area contributed by atoms with Gasteiger partial charge < -0.3 is 31.0 Å². The van der Waals surface area contributed by atoms with E-state index in [4.69, 9.17) is 11.5 Å². The molecule has 0 bridgehead atoms. The Morgan fingerprint density at radius 1 is 0.905 bits per heavy atom. The van der Waals surface area contributed by atoms with Crippen molar-refractivity contribution < 1.29 is 19.5 Å². The van der Waals surface area contributed by atoms with Crippen LogP contribution in [0.2, 0.25) is 0 Å². The maximum atomic E-state index is 13.2. The minimum atomic E-state index is -0.703. The second kappa shape index (κ2) is 11.2. The Hall–Kier alpha value is -5.40. The summed E-state index contributed by atoms with van der Waals surface area (Å²) in [7, 11) is 1.77. The van der Waals surface area contributed by atoms with E-state index in [1.807, 2.05) is 17.6 Å². The smallest absolute Gasteiger partial charge is 0.276 e. The lowest BCUT2D eigenvalue weighted by Gasteiger charge is -2.13. The number of aromatic hydroxyl groups is 1. The van der Waals surface area contributed by atoms with Crippen molar-refractivity contribution in [2.45, 2.75) is 46.3 Å². The van der Waals surface area contributed by atoms with Gasteiger partial charge >= 0.3 is 0 Å². The van der Waals surface area contributed by atoms with Crippen molar-refractivity contribution >= 4 is 51.7 Å². The molecule has 5 rings (SSSR count). The molecule has 218 valence electrons. The zero-order valence-electron chi connectivity index (χ0n) is 23.5. The Morgan fingerprint density at radius 2 is 1.57 bits per heavy atom. The van der Waals surface area contributed by atoms with E-state index in [1.165, 1.54) is 12.1 Å². The van der Waals surface area contributed by atoms with Gasteiger partial charge in [0.05, 0.1) is 22.2 Å². The van der Waals surface area contributed by atoms with Gasteiger partial charge in [-0.1, -0.05) is 0 Å². The van der Waals surface area contributed by atoms with Crippen molar-refractivity contribution in [3.63, 3.8) is 0 Å². The van der Waals surface area contributed by atoms with Crippen molar-refractivity contribution in [3.8, 4) is 5.75 Å². The van der Waals surface area contributed by atoms with Gasteiger partial charge in [0, 0.05) is 37.8 Å². The van der Waals surface area contributed by atoms with Crippen LogP contribution >= 0.6 is 0 Å². The number of unbranched alkanes of at least 4 members (excludes halogenated alkanes) is 1. The van der Waals surface area contributed by atoms with Crippen LogP contribution in [0.3, 0.4) is 0 Å². The molecule has 0 fully saturated rings. The minimum absolute atomic E-state index is 0.105. The lowest BCUT2D eigenvalue weighted by atomic mass is 10.1. The second-order valence-electron chi connectivity index (χ2n) is 9.87. The normalized spacial score (nSPS) is 11.3. The lowest BCUT2D eigenvalue weighted by molar-refractivity contribution is 0.0992. The molecule has 5 aromatic rings. The first-order valence-corrected chi connectivity index (χ1v) is 13.5. The van der Waals surface area contributed by atoms with E-state index in [9.17, 15) is 19.5 Å². The van der Waals surface area contributed by atoms with Gasteiger partial charge in [0.15, 0.2) is 0 Å². The van der Waals surface area contributed by atoms with Gasteiger partial charge in [0.25, 0.3) is 5.91 Å². The fraction of sp³-hybridized carbons (Fsp3) is 0.286. The number of rotatable bonds is 11. The number of aryl methyl sites for hydroxylation is 4.